The van der Waals surface area contributed by atoms with Gasteiger partial charge in [-0.3, -0.25) is 4.98 Å². The summed E-state index contributed by atoms with van der Waals surface area (Å²) < 4.78 is 13.1. The highest BCUT2D eigenvalue weighted by atomic mass is 19.1. The lowest BCUT2D eigenvalue weighted by Crippen LogP contribution is -2.07. The van der Waals surface area contributed by atoms with Gasteiger partial charge in [-0.1, -0.05) is 12.0 Å². The van der Waals surface area contributed by atoms with Gasteiger partial charge in [0.2, 0.25) is 0 Å². The first-order valence-corrected chi connectivity index (χ1v) is 5.62. The Balaban J connectivity index is 2.16. The van der Waals surface area contributed by atoms with Crippen LogP contribution in [0.1, 0.15) is 24.1 Å². The number of benzene rings is 1. The van der Waals surface area contributed by atoms with E-state index in [4.69, 9.17) is 6.42 Å². The molecule has 0 bridgehead atoms. The third kappa shape index (κ3) is 2.86. The van der Waals surface area contributed by atoms with Crippen LogP contribution >= 0.6 is 0 Å². The Kier molecular flexibility index (Phi) is 3.59. The molecule has 0 aliphatic carbocycles. The number of terminal acetylenes is 1. The number of rotatable bonds is 3. The fourth-order valence-corrected chi connectivity index (χ4v) is 1.70. The molecule has 18 heavy (non-hydrogen) atoms. The smallest absolute Gasteiger partial charge is 0.141 e. The maximum absolute atomic E-state index is 13.1. The Morgan fingerprint density at radius 2 is 2.17 bits per heavy atom. The minimum atomic E-state index is -0.335. The third-order valence-corrected chi connectivity index (χ3v) is 2.64. The van der Waals surface area contributed by atoms with Crippen molar-refractivity contribution in [2.75, 3.05) is 5.32 Å². The summed E-state index contributed by atoms with van der Waals surface area (Å²) in [6.07, 6.45) is 8.18. The summed E-state index contributed by atoms with van der Waals surface area (Å²) in [6, 6.07) is 8.97. The van der Waals surface area contributed by atoms with Crippen LogP contribution in [-0.2, 0) is 0 Å². The Hall–Kier alpha value is -2.34. The number of nitrogens with zero attached hydrogens (tertiary/aromatic N) is 1. The van der Waals surface area contributed by atoms with E-state index in [1.165, 1.54) is 12.3 Å². The number of hydrogen-bond donors (Lipinski definition) is 1. The minimum Gasteiger partial charge on any atom is -0.378 e. The third-order valence-electron chi connectivity index (χ3n) is 2.64. The topological polar surface area (TPSA) is 24.9 Å². The largest absolute Gasteiger partial charge is 0.378 e. The quantitative estimate of drug-likeness (QED) is 0.832. The second-order valence-corrected chi connectivity index (χ2v) is 4.03. The van der Waals surface area contributed by atoms with Crippen LogP contribution in [0.2, 0.25) is 0 Å². The monoisotopic (exact) mass is 240 g/mol. The zero-order valence-corrected chi connectivity index (χ0v) is 10.0. The normalized spacial score (nSPS) is 11.6. The fourth-order valence-electron chi connectivity index (χ4n) is 1.70. The van der Waals surface area contributed by atoms with Gasteiger partial charge >= 0.3 is 0 Å². The summed E-state index contributed by atoms with van der Waals surface area (Å²) in [7, 11) is 0. The van der Waals surface area contributed by atoms with E-state index < -0.39 is 0 Å². The Morgan fingerprint density at radius 1 is 1.33 bits per heavy atom. The summed E-state index contributed by atoms with van der Waals surface area (Å²) in [5.41, 5.74) is 2.51. The van der Waals surface area contributed by atoms with Crippen LogP contribution in [0.25, 0.3) is 0 Å². The highest BCUT2D eigenvalue weighted by molar-refractivity contribution is 5.51. The lowest BCUT2D eigenvalue weighted by atomic mass is 10.1. The SMILES string of the molecule is C#Cc1cccc(NC(C)c2cncc(F)c2)c1. The molecule has 2 rings (SSSR count). The van der Waals surface area contributed by atoms with E-state index in [0.717, 1.165) is 16.8 Å². The van der Waals surface area contributed by atoms with Crippen molar-refractivity contribution in [3.05, 3.63) is 59.7 Å². The minimum absolute atomic E-state index is 0.0405. The number of nitrogens with one attached hydrogen (secondary N) is 1. The standard InChI is InChI=1S/C15H13FN2/c1-3-12-5-4-6-15(7-12)18-11(2)13-8-14(16)10-17-9-13/h1,4-11,18H,2H3. The molecule has 0 amide bonds. The molecular weight excluding hydrogens is 227 g/mol. The van der Waals surface area contributed by atoms with Gasteiger partial charge in [-0.05, 0) is 36.8 Å². The van der Waals surface area contributed by atoms with E-state index >= 15 is 0 Å². The van der Waals surface area contributed by atoms with Gasteiger partial charge < -0.3 is 5.32 Å². The number of halogens is 1. The van der Waals surface area contributed by atoms with Gasteiger partial charge in [-0.25, -0.2) is 4.39 Å². The maximum atomic E-state index is 13.1. The van der Waals surface area contributed by atoms with E-state index in [0.29, 0.717) is 0 Å². The molecule has 1 N–H and O–H groups in total. The summed E-state index contributed by atoms with van der Waals surface area (Å²) in [5.74, 6) is 2.24. The molecule has 1 atom stereocenters. The van der Waals surface area contributed by atoms with Crippen LogP contribution < -0.4 is 5.32 Å². The van der Waals surface area contributed by atoms with Gasteiger partial charge in [0.25, 0.3) is 0 Å². The van der Waals surface area contributed by atoms with E-state index in [2.05, 4.69) is 16.2 Å². The number of pyridine rings is 1. The lowest BCUT2D eigenvalue weighted by molar-refractivity contribution is 0.616. The molecule has 2 nitrogen and oxygen atoms in total. The van der Waals surface area contributed by atoms with Crippen LogP contribution in [0.5, 0.6) is 0 Å². The first-order chi connectivity index (χ1) is 8.69. The molecule has 0 fully saturated rings. The predicted molar refractivity (Wildman–Crippen MR) is 70.6 cm³/mol. The van der Waals surface area contributed by atoms with E-state index in [1.54, 1.807) is 6.20 Å². The first kappa shape index (κ1) is 12.1. The average molecular weight is 240 g/mol. The molecule has 1 unspecified atom stereocenters. The number of anilines is 1. The summed E-state index contributed by atoms with van der Waals surface area (Å²) in [5, 5.41) is 3.26. The van der Waals surface area contributed by atoms with Crippen molar-refractivity contribution in [2.24, 2.45) is 0 Å². The van der Waals surface area contributed by atoms with Gasteiger partial charge in [-0.15, -0.1) is 6.42 Å². The highest BCUT2D eigenvalue weighted by Gasteiger charge is 2.06. The van der Waals surface area contributed by atoms with Crippen molar-refractivity contribution < 1.29 is 4.39 Å². The molecule has 2 aromatic rings. The zero-order chi connectivity index (χ0) is 13.0. The molecule has 0 aliphatic heterocycles. The second-order valence-electron chi connectivity index (χ2n) is 4.03. The van der Waals surface area contributed by atoms with E-state index in [1.807, 2.05) is 31.2 Å². The molecule has 0 spiro atoms. The molecular formula is C15H13FN2. The second kappa shape index (κ2) is 5.33. The Morgan fingerprint density at radius 3 is 2.89 bits per heavy atom. The summed E-state index contributed by atoms with van der Waals surface area (Å²) >= 11 is 0. The van der Waals surface area contributed by atoms with E-state index in [9.17, 15) is 4.39 Å². The van der Waals surface area contributed by atoms with Crippen molar-refractivity contribution in [1.82, 2.24) is 4.98 Å². The molecule has 90 valence electrons. The van der Waals surface area contributed by atoms with Gasteiger partial charge in [0, 0.05) is 17.4 Å². The summed E-state index contributed by atoms with van der Waals surface area (Å²) in [6.45, 7) is 1.94. The van der Waals surface area contributed by atoms with Crippen LogP contribution in [0.15, 0.2) is 42.7 Å². The van der Waals surface area contributed by atoms with Crippen LogP contribution in [0, 0.1) is 18.2 Å². The zero-order valence-electron chi connectivity index (χ0n) is 10.0. The molecule has 0 saturated carbocycles. The molecule has 0 radical (unpaired) electrons. The van der Waals surface area contributed by atoms with Gasteiger partial charge in [-0.2, -0.15) is 0 Å². The van der Waals surface area contributed by atoms with Gasteiger partial charge in [0.1, 0.15) is 5.82 Å². The van der Waals surface area contributed by atoms with E-state index in [-0.39, 0.29) is 11.9 Å². The Bertz CT molecular complexity index is 587. The molecule has 1 aromatic carbocycles. The van der Waals surface area contributed by atoms with Crippen molar-refractivity contribution in [2.45, 2.75) is 13.0 Å². The number of aromatic nitrogens is 1. The van der Waals surface area contributed by atoms with Crippen LogP contribution in [-0.4, -0.2) is 4.98 Å². The van der Waals surface area contributed by atoms with Crippen molar-refractivity contribution in [1.29, 1.82) is 0 Å². The average Bonchev–Trinajstić information content (AvgIpc) is 2.39. The first-order valence-electron chi connectivity index (χ1n) is 5.62. The molecule has 0 saturated heterocycles. The van der Waals surface area contributed by atoms with Gasteiger partial charge in [0.15, 0.2) is 0 Å². The van der Waals surface area contributed by atoms with Crippen LogP contribution in [0.4, 0.5) is 10.1 Å². The summed E-state index contributed by atoms with van der Waals surface area (Å²) in [4.78, 5) is 3.83. The molecule has 3 heteroatoms. The molecule has 1 aromatic heterocycles. The molecule has 1 heterocycles. The van der Waals surface area contributed by atoms with Crippen LogP contribution in [0.3, 0.4) is 0 Å². The van der Waals surface area contributed by atoms with Crippen molar-refractivity contribution in [3.63, 3.8) is 0 Å². The fraction of sp³-hybridized carbons (Fsp3) is 0.133. The van der Waals surface area contributed by atoms with Crippen molar-refractivity contribution in [3.8, 4) is 12.3 Å². The maximum Gasteiger partial charge on any atom is 0.141 e. The van der Waals surface area contributed by atoms with Gasteiger partial charge in [0.05, 0.1) is 12.2 Å². The lowest BCUT2D eigenvalue weighted by Gasteiger charge is -2.15. The highest BCUT2D eigenvalue weighted by Crippen LogP contribution is 2.19. The van der Waals surface area contributed by atoms with Crippen molar-refractivity contribution >= 4 is 5.69 Å². The number of hydrogen-bond acceptors (Lipinski definition) is 2. The molecule has 0 aliphatic rings. The predicted octanol–water partition coefficient (Wildman–Crippen LogP) is 3.38. The Labute approximate surface area is 106 Å².